The Balaban J connectivity index is 0.00000323. The number of ether oxygens (including phenoxy) is 3. The summed E-state index contributed by atoms with van der Waals surface area (Å²) in [5.74, 6) is -0.676. The molecule has 2 atom stereocenters. The highest BCUT2D eigenvalue weighted by atomic mass is 32.2. The molecule has 1 N–H and O–H groups in total. The zero-order chi connectivity index (χ0) is 29.6. The summed E-state index contributed by atoms with van der Waals surface area (Å²) in [6.07, 6.45) is 0. The zero-order valence-electron chi connectivity index (χ0n) is 24.1. The minimum absolute atomic E-state index is 0. The first-order valence-electron chi connectivity index (χ1n) is 13.1. The largest absolute Gasteiger partial charge is 0.494 e. The van der Waals surface area contributed by atoms with E-state index < -0.39 is 15.9 Å². The van der Waals surface area contributed by atoms with Crippen LogP contribution < -0.4 is 18.9 Å². The van der Waals surface area contributed by atoms with Crippen LogP contribution in [0.15, 0.2) is 66.7 Å². The standard InChI is InChI=1S/C29H33N5O6S.H2S.H2/c1-6-40-25-17-10-14-22(30-25)27-31-32-28(34(27)26-23(38-4)15-11-16-24(26)39-5)29(35)33-41(36,37)18-19(2)20(3)21-12-8-7-9-13-21;;/h7-17,19-20H,6,18H2,1-5H3,(H,33,35);1H2;1H/t19-,20?;;/m1../s1. The van der Waals surface area contributed by atoms with Gasteiger partial charge in [-0.3, -0.25) is 9.36 Å². The van der Waals surface area contributed by atoms with Gasteiger partial charge >= 0.3 is 5.91 Å². The van der Waals surface area contributed by atoms with Crippen molar-refractivity contribution in [2.75, 3.05) is 26.6 Å². The molecule has 0 spiro atoms. The average Bonchev–Trinajstić information content (AvgIpc) is 3.41. The molecule has 0 saturated heterocycles. The topological polar surface area (TPSA) is 135 Å². The van der Waals surface area contributed by atoms with Gasteiger partial charge in [-0.15, -0.1) is 10.2 Å². The summed E-state index contributed by atoms with van der Waals surface area (Å²) in [6.45, 7) is 6.02. The second-order valence-electron chi connectivity index (χ2n) is 9.38. The number of hydrogen-bond acceptors (Lipinski definition) is 9. The van der Waals surface area contributed by atoms with E-state index >= 15 is 0 Å². The Hall–Kier alpha value is -4.10. The molecule has 42 heavy (non-hydrogen) atoms. The summed E-state index contributed by atoms with van der Waals surface area (Å²) in [7, 11) is -1.12. The second kappa shape index (κ2) is 14.2. The third-order valence-corrected chi connectivity index (χ3v) is 8.11. The first kappa shape index (κ1) is 32.4. The molecule has 2 heterocycles. The summed E-state index contributed by atoms with van der Waals surface area (Å²) >= 11 is 0. The predicted octanol–water partition coefficient (Wildman–Crippen LogP) is 4.60. The Morgan fingerprint density at radius 3 is 2.21 bits per heavy atom. The van der Waals surface area contributed by atoms with E-state index in [9.17, 15) is 13.2 Å². The van der Waals surface area contributed by atoms with E-state index in [2.05, 4.69) is 19.9 Å². The average molecular weight is 616 g/mol. The van der Waals surface area contributed by atoms with E-state index in [1.165, 1.54) is 18.8 Å². The normalized spacial score (nSPS) is 12.5. The molecule has 0 bridgehead atoms. The molecule has 2 aromatic carbocycles. The lowest BCUT2D eigenvalue weighted by atomic mass is 9.90. The molecule has 0 saturated carbocycles. The Morgan fingerprint density at radius 1 is 0.952 bits per heavy atom. The van der Waals surface area contributed by atoms with Crippen molar-refractivity contribution in [3.05, 3.63) is 78.1 Å². The van der Waals surface area contributed by atoms with E-state index in [4.69, 9.17) is 14.2 Å². The molecule has 1 amide bonds. The molecule has 0 aliphatic heterocycles. The Labute approximate surface area is 254 Å². The number of hydrogen-bond donors (Lipinski definition) is 1. The van der Waals surface area contributed by atoms with Crippen LogP contribution in [0.1, 0.15) is 44.3 Å². The number of amides is 1. The lowest BCUT2D eigenvalue weighted by Gasteiger charge is -2.20. The quantitative estimate of drug-likeness (QED) is 0.243. The lowest BCUT2D eigenvalue weighted by Crippen LogP contribution is -2.36. The summed E-state index contributed by atoms with van der Waals surface area (Å²) < 4.78 is 46.6. The van der Waals surface area contributed by atoms with Gasteiger partial charge in [-0.1, -0.05) is 56.3 Å². The van der Waals surface area contributed by atoms with Gasteiger partial charge in [-0.25, -0.2) is 18.1 Å². The van der Waals surface area contributed by atoms with E-state index in [0.717, 1.165) is 5.56 Å². The molecule has 0 aliphatic carbocycles. The van der Waals surface area contributed by atoms with Crippen LogP contribution in [0.5, 0.6) is 17.4 Å². The van der Waals surface area contributed by atoms with Crippen LogP contribution in [-0.2, 0) is 10.0 Å². The summed E-state index contributed by atoms with van der Waals surface area (Å²) in [5.41, 5.74) is 1.65. The molecule has 13 heteroatoms. The highest BCUT2D eigenvalue weighted by molar-refractivity contribution is 7.90. The van der Waals surface area contributed by atoms with Crippen LogP contribution in [0.3, 0.4) is 0 Å². The van der Waals surface area contributed by atoms with Crippen LogP contribution >= 0.6 is 13.5 Å². The summed E-state index contributed by atoms with van der Waals surface area (Å²) in [4.78, 5) is 18.0. The van der Waals surface area contributed by atoms with Crippen molar-refractivity contribution in [3.8, 4) is 34.6 Å². The van der Waals surface area contributed by atoms with Crippen LogP contribution in [0.2, 0.25) is 0 Å². The number of methoxy groups -OCH3 is 2. The van der Waals surface area contributed by atoms with Gasteiger partial charge in [0.25, 0.3) is 0 Å². The number of sulfonamides is 1. The molecular weight excluding hydrogens is 578 g/mol. The van der Waals surface area contributed by atoms with Crippen molar-refractivity contribution in [1.82, 2.24) is 24.5 Å². The first-order chi connectivity index (χ1) is 19.7. The van der Waals surface area contributed by atoms with Gasteiger partial charge in [0.15, 0.2) is 5.82 Å². The van der Waals surface area contributed by atoms with Gasteiger partial charge in [0.2, 0.25) is 21.7 Å². The van der Waals surface area contributed by atoms with Crippen molar-refractivity contribution < 1.29 is 28.8 Å². The third-order valence-electron chi connectivity index (χ3n) is 6.65. The predicted molar refractivity (Wildman–Crippen MR) is 167 cm³/mol. The molecular formula is C29H37N5O6S2. The van der Waals surface area contributed by atoms with E-state index in [1.807, 2.05) is 51.1 Å². The summed E-state index contributed by atoms with van der Waals surface area (Å²) in [6, 6.07) is 19.8. The fourth-order valence-corrected chi connectivity index (χ4v) is 5.87. The second-order valence-corrected chi connectivity index (χ2v) is 11.1. The minimum Gasteiger partial charge on any atom is -0.494 e. The Kier molecular flexibility index (Phi) is 10.9. The maximum Gasteiger partial charge on any atom is 0.303 e. The van der Waals surface area contributed by atoms with Gasteiger partial charge in [-0.2, -0.15) is 13.5 Å². The van der Waals surface area contributed by atoms with Gasteiger partial charge in [0.05, 0.1) is 26.6 Å². The molecule has 1 unspecified atom stereocenters. The number of nitrogens with zero attached hydrogens (tertiary/aromatic N) is 4. The van der Waals surface area contributed by atoms with E-state index in [-0.39, 0.29) is 44.2 Å². The van der Waals surface area contributed by atoms with Gasteiger partial charge in [0.1, 0.15) is 22.9 Å². The number of nitrogens with one attached hydrogen (secondary N) is 1. The van der Waals surface area contributed by atoms with E-state index in [1.54, 1.807) is 36.4 Å². The maximum atomic E-state index is 13.5. The van der Waals surface area contributed by atoms with Crippen LogP contribution in [-0.4, -0.2) is 60.7 Å². The smallest absolute Gasteiger partial charge is 0.303 e. The molecule has 2 aromatic heterocycles. The van der Waals surface area contributed by atoms with Crippen LogP contribution in [0.4, 0.5) is 0 Å². The van der Waals surface area contributed by atoms with Gasteiger partial charge < -0.3 is 14.2 Å². The monoisotopic (exact) mass is 615 g/mol. The molecule has 4 rings (SSSR count). The third kappa shape index (κ3) is 7.21. The Morgan fingerprint density at radius 2 is 1.60 bits per heavy atom. The number of carbonyl (C=O) groups is 1. The van der Waals surface area contributed by atoms with Crippen LogP contribution in [0, 0.1) is 5.92 Å². The van der Waals surface area contributed by atoms with Gasteiger partial charge in [0, 0.05) is 7.49 Å². The fourth-order valence-electron chi connectivity index (χ4n) is 4.43. The van der Waals surface area contributed by atoms with Gasteiger partial charge in [-0.05, 0) is 42.5 Å². The SMILES string of the molecule is CCOc1cccc(-c2nnc(C(=O)NS(=O)(=O)C[C@@H](C)C(C)c3ccccc3)n2-c2c(OC)cccc2OC)n1.S.[HH]. The fraction of sp³-hybridized carbons (Fsp3) is 0.310. The minimum atomic E-state index is -4.06. The van der Waals surface area contributed by atoms with Crippen molar-refractivity contribution in [2.45, 2.75) is 26.7 Å². The highest BCUT2D eigenvalue weighted by Gasteiger charge is 2.30. The number of carbonyl (C=O) groups excluding carboxylic acids is 1. The molecule has 0 aliphatic rings. The Bertz CT molecular complexity index is 1600. The van der Waals surface area contributed by atoms with Crippen molar-refractivity contribution >= 4 is 29.4 Å². The molecule has 0 fully saturated rings. The molecule has 11 nitrogen and oxygen atoms in total. The number of para-hydroxylation sites is 1. The summed E-state index contributed by atoms with van der Waals surface area (Å²) in [5, 5.41) is 8.31. The number of aromatic nitrogens is 4. The highest BCUT2D eigenvalue weighted by Crippen LogP contribution is 2.36. The molecule has 0 radical (unpaired) electrons. The van der Waals surface area contributed by atoms with Crippen LogP contribution in [0.25, 0.3) is 17.2 Å². The first-order valence-corrected chi connectivity index (χ1v) is 14.7. The lowest BCUT2D eigenvalue weighted by molar-refractivity contribution is 0.0969. The van der Waals surface area contributed by atoms with E-state index in [0.29, 0.717) is 35.4 Å². The number of benzene rings is 2. The van der Waals surface area contributed by atoms with Crippen molar-refractivity contribution in [1.29, 1.82) is 0 Å². The van der Waals surface area contributed by atoms with Crippen molar-refractivity contribution in [2.24, 2.45) is 5.92 Å². The number of rotatable bonds is 12. The van der Waals surface area contributed by atoms with Crippen molar-refractivity contribution in [3.63, 3.8) is 0 Å². The zero-order valence-corrected chi connectivity index (χ0v) is 25.9. The maximum absolute atomic E-state index is 13.5. The molecule has 226 valence electrons. The molecule has 4 aromatic rings. The number of pyridine rings is 1.